The molecule has 4 nitrogen and oxygen atoms in total. The van der Waals surface area contributed by atoms with E-state index in [1.54, 1.807) is 0 Å². The monoisotopic (exact) mass is 340 g/mol. The molecular weight excluding hydrogens is 310 g/mol. The molecular formula is C21H30N3O+. The second-order valence-electron chi connectivity index (χ2n) is 7.53. The van der Waals surface area contributed by atoms with E-state index in [0.29, 0.717) is 12.6 Å². The van der Waals surface area contributed by atoms with Gasteiger partial charge in [0, 0.05) is 29.7 Å². The maximum atomic E-state index is 12.8. The fourth-order valence-electron chi connectivity index (χ4n) is 3.94. The lowest BCUT2D eigenvalue weighted by atomic mass is 10.1. The van der Waals surface area contributed by atoms with Crippen LogP contribution in [0.15, 0.2) is 30.3 Å². The van der Waals surface area contributed by atoms with E-state index in [-0.39, 0.29) is 5.78 Å². The number of aromatic nitrogens is 1. The van der Waals surface area contributed by atoms with E-state index in [0.717, 1.165) is 36.6 Å². The predicted octanol–water partition coefficient (Wildman–Crippen LogP) is 1.93. The number of piperazine rings is 1. The average molecular weight is 340 g/mol. The van der Waals surface area contributed by atoms with Gasteiger partial charge in [-0.2, -0.15) is 0 Å². The topological polar surface area (TPSA) is 29.7 Å². The van der Waals surface area contributed by atoms with Crippen LogP contribution in [0.3, 0.4) is 0 Å². The van der Waals surface area contributed by atoms with E-state index >= 15 is 0 Å². The number of anilines is 1. The van der Waals surface area contributed by atoms with E-state index in [4.69, 9.17) is 0 Å². The zero-order chi connectivity index (χ0) is 18.1. The highest BCUT2D eigenvalue weighted by Gasteiger charge is 2.29. The minimum absolute atomic E-state index is 0.271. The minimum Gasteiger partial charge on any atom is -0.358 e. The first-order valence-electron chi connectivity index (χ1n) is 9.20. The van der Waals surface area contributed by atoms with Crippen molar-refractivity contribution < 1.29 is 9.69 Å². The number of rotatable bonds is 4. The molecule has 1 N–H and O–H groups in total. The van der Waals surface area contributed by atoms with Gasteiger partial charge in [0.25, 0.3) is 0 Å². The van der Waals surface area contributed by atoms with Crippen LogP contribution in [0, 0.1) is 20.8 Å². The number of aryl methyl sites for hydroxylation is 2. The zero-order valence-electron chi connectivity index (χ0n) is 16.1. The lowest BCUT2D eigenvalue weighted by Gasteiger charge is -2.38. The number of quaternary nitrogens is 1. The Balaban J connectivity index is 1.65. The first-order valence-corrected chi connectivity index (χ1v) is 9.20. The minimum atomic E-state index is 0.271. The summed E-state index contributed by atoms with van der Waals surface area (Å²) in [5.74, 6) is 0.271. The number of ketones is 1. The highest BCUT2D eigenvalue weighted by atomic mass is 16.1. The molecule has 2 atom stereocenters. The molecule has 1 aromatic heterocycles. The van der Waals surface area contributed by atoms with Gasteiger partial charge in [-0.3, -0.25) is 4.79 Å². The van der Waals surface area contributed by atoms with Crippen LogP contribution in [0.25, 0.3) is 0 Å². The third-order valence-corrected chi connectivity index (χ3v) is 5.64. The molecule has 1 aliphatic heterocycles. The summed E-state index contributed by atoms with van der Waals surface area (Å²) in [6, 6.07) is 11.2. The van der Waals surface area contributed by atoms with Gasteiger partial charge in [-0.25, -0.2) is 0 Å². The summed E-state index contributed by atoms with van der Waals surface area (Å²) in [4.78, 5) is 16.6. The first kappa shape index (κ1) is 17.7. The van der Waals surface area contributed by atoms with Gasteiger partial charge < -0.3 is 14.4 Å². The van der Waals surface area contributed by atoms with Gasteiger partial charge in [0.2, 0.25) is 5.78 Å². The summed E-state index contributed by atoms with van der Waals surface area (Å²) in [7, 11) is 2.02. The van der Waals surface area contributed by atoms with Crippen LogP contribution in [-0.4, -0.2) is 42.6 Å². The third kappa shape index (κ3) is 3.64. The molecule has 1 aliphatic rings. The summed E-state index contributed by atoms with van der Waals surface area (Å²) in [6.45, 7) is 12.1. The summed E-state index contributed by atoms with van der Waals surface area (Å²) >= 11 is 0. The lowest BCUT2D eigenvalue weighted by Crippen LogP contribution is -3.16. The van der Waals surface area contributed by atoms with E-state index in [2.05, 4.69) is 54.5 Å². The SMILES string of the molecule is Cc1cccc(N2CC[NH+](CC(=O)c3cc(C)n(C)c3C)C[C@H]2C)c1. The summed E-state index contributed by atoms with van der Waals surface area (Å²) in [5, 5.41) is 0. The molecule has 2 heterocycles. The van der Waals surface area contributed by atoms with Gasteiger partial charge in [-0.05, 0) is 51.5 Å². The van der Waals surface area contributed by atoms with Crippen LogP contribution in [0.2, 0.25) is 0 Å². The number of carbonyl (C=O) groups is 1. The fraction of sp³-hybridized carbons (Fsp3) is 0.476. The summed E-state index contributed by atoms with van der Waals surface area (Å²) in [5.41, 5.74) is 5.71. The Morgan fingerprint density at radius 3 is 2.60 bits per heavy atom. The van der Waals surface area contributed by atoms with Gasteiger partial charge in [0.1, 0.15) is 6.54 Å². The van der Waals surface area contributed by atoms with Crippen molar-refractivity contribution in [2.24, 2.45) is 7.05 Å². The molecule has 0 spiro atoms. The number of nitrogens with one attached hydrogen (secondary N) is 1. The lowest BCUT2D eigenvalue weighted by molar-refractivity contribution is -0.894. The zero-order valence-corrected chi connectivity index (χ0v) is 16.1. The smallest absolute Gasteiger partial charge is 0.218 e. The molecule has 1 aromatic carbocycles. The molecule has 1 fully saturated rings. The average Bonchev–Trinajstić information content (AvgIpc) is 2.82. The van der Waals surface area contributed by atoms with Gasteiger partial charge in [0.05, 0.1) is 25.7 Å². The highest BCUT2D eigenvalue weighted by molar-refractivity contribution is 5.98. The van der Waals surface area contributed by atoms with Crippen molar-refractivity contribution in [2.45, 2.75) is 33.7 Å². The van der Waals surface area contributed by atoms with E-state index in [1.165, 1.54) is 16.2 Å². The molecule has 134 valence electrons. The van der Waals surface area contributed by atoms with Crippen LogP contribution in [-0.2, 0) is 7.05 Å². The third-order valence-electron chi connectivity index (χ3n) is 5.64. The number of hydrogen-bond donors (Lipinski definition) is 1. The van der Waals surface area contributed by atoms with Crippen LogP contribution in [0.4, 0.5) is 5.69 Å². The summed E-state index contributed by atoms with van der Waals surface area (Å²) < 4.78 is 2.10. The van der Waals surface area contributed by atoms with Gasteiger partial charge in [0.15, 0.2) is 0 Å². The number of nitrogens with zero attached hydrogens (tertiary/aromatic N) is 2. The van der Waals surface area contributed by atoms with Crippen molar-refractivity contribution in [3.8, 4) is 0 Å². The maximum absolute atomic E-state index is 12.8. The van der Waals surface area contributed by atoms with E-state index in [9.17, 15) is 4.79 Å². The fourth-order valence-corrected chi connectivity index (χ4v) is 3.94. The standard InChI is InChI=1S/C21H29N3O/c1-15-7-6-8-19(11-15)24-10-9-23(13-17(24)3)14-21(25)20-12-16(2)22(5)18(20)4/h6-8,11-12,17H,9-10,13-14H2,1-5H3/p+1/t17-/m1/s1. The van der Waals surface area contributed by atoms with Gasteiger partial charge in [-0.1, -0.05) is 12.1 Å². The normalized spacial score (nSPS) is 20.8. The van der Waals surface area contributed by atoms with Crippen molar-refractivity contribution >= 4 is 11.5 Å². The number of Topliss-reactive ketones (excluding diaryl/α,β-unsaturated/α-hetero) is 1. The van der Waals surface area contributed by atoms with E-state index < -0.39 is 0 Å². The largest absolute Gasteiger partial charge is 0.358 e. The molecule has 0 bridgehead atoms. The second kappa shape index (κ2) is 7.04. The Kier molecular flexibility index (Phi) is 5.00. The van der Waals surface area contributed by atoms with Crippen molar-refractivity contribution in [1.29, 1.82) is 0 Å². The van der Waals surface area contributed by atoms with Crippen LogP contribution < -0.4 is 9.80 Å². The van der Waals surface area contributed by atoms with Crippen molar-refractivity contribution in [2.75, 3.05) is 31.1 Å². The molecule has 3 rings (SSSR count). The Labute approximate surface area is 151 Å². The van der Waals surface area contributed by atoms with Crippen LogP contribution >= 0.6 is 0 Å². The van der Waals surface area contributed by atoms with Crippen molar-refractivity contribution in [1.82, 2.24) is 4.57 Å². The molecule has 25 heavy (non-hydrogen) atoms. The van der Waals surface area contributed by atoms with E-state index in [1.807, 2.05) is 20.0 Å². The molecule has 0 radical (unpaired) electrons. The number of benzene rings is 1. The second-order valence-corrected chi connectivity index (χ2v) is 7.53. The molecule has 0 saturated carbocycles. The molecule has 0 aliphatic carbocycles. The Morgan fingerprint density at radius 2 is 2.00 bits per heavy atom. The Hall–Kier alpha value is -2.07. The molecule has 4 heteroatoms. The highest BCUT2D eigenvalue weighted by Crippen LogP contribution is 2.19. The molecule has 2 aromatic rings. The number of hydrogen-bond acceptors (Lipinski definition) is 2. The molecule has 0 amide bonds. The maximum Gasteiger partial charge on any atom is 0.218 e. The van der Waals surface area contributed by atoms with Gasteiger partial charge in [-0.15, -0.1) is 0 Å². The molecule has 1 unspecified atom stereocenters. The molecule has 1 saturated heterocycles. The first-order chi connectivity index (χ1) is 11.9. The Morgan fingerprint density at radius 1 is 1.24 bits per heavy atom. The van der Waals surface area contributed by atoms with Crippen molar-refractivity contribution in [3.05, 3.63) is 52.8 Å². The summed E-state index contributed by atoms with van der Waals surface area (Å²) in [6.07, 6.45) is 0. The van der Waals surface area contributed by atoms with Crippen molar-refractivity contribution in [3.63, 3.8) is 0 Å². The quantitative estimate of drug-likeness (QED) is 0.862. The van der Waals surface area contributed by atoms with Gasteiger partial charge >= 0.3 is 0 Å². The Bertz CT molecular complexity index is 777. The number of carbonyl (C=O) groups excluding carboxylic acids is 1. The van der Waals surface area contributed by atoms with Crippen LogP contribution in [0.5, 0.6) is 0 Å². The van der Waals surface area contributed by atoms with Crippen LogP contribution in [0.1, 0.15) is 34.2 Å². The predicted molar refractivity (Wildman–Crippen MR) is 103 cm³/mol.